The number of nitrogens with zero attached hydrogens (tertiary/aromatic N) is 1. The van der Waals surface area contributed by atoms with Crippen LogP contribution in [0.3, 0.4) is 0 Å². The highest BCUT2D eigenvalue weighted by atomic mass is 32.2. The molecule has 9 heteroatoms. The number of fused-ring (bicyclic) bond motifs is 1. The maximum atomic E-state index is 12.6. The van der Waals surface area contributed by atoms with E-state index in [-0.39, 0.29) is 29.6 Å². The van der Waals surface area contributed by atoms with Crippen LogP contribution in [0.4, 0.5) is 5.69 Å². The largest absolute Gasteiger partial charge is 0.482 e. The van der Waals surface area contributed by atoms with Gasteiger partial charge in [0.2, 0.25) is 10.0 Å². The molecule has 0 aliphatic carbocycles. The van der Waals surface area contributed by atoms with Crippen molar-refractivity contribution in [3.05, 3.63) is 18.2 Å². The molecule has 2 aliphatic heterocycles. The number of carboxylic acids is 1. The molecule has 0 radical (unpaired) electrons. The summed E-state index contributed by atoms with van der Waals surface area (Å²) in [7, 11) is -3.94. The topological polar surface area (TPSA) is 113 Å². The molecule has 1 saturated heterocycles. The Hall–Kier alpha value is -2.13. The van der Waals surface area contributed by atoms with E-state index in [4.69, 9.17) is 9.84 Å². The Bertz CT molecular complexity index is 745. The summed E-state index contributed by atoms with van der Waals surface area (Å²) >= 11 is 0. The van der Waals surface area contributed by atoms with Crippen LogP contribution < -0.4 is 10.1 Å². The lowest BCUT2D eigenvalue weighted by atomic mass is 10.2. The average molecular weight is 326 g/mol. The van der Waals surface area contributed by atoms with Crippen molar-refractivity contribution in [2.75, 3.05) is 18.5 Å². The van der Waals surface area contributed by atoms with Gasteiger partial charge in [0, 0.05) is 6.54 Å². The van der Waals surface area contributed by atoms with Gasteiger partial charge in [-0.25, -0.2) is 8.42 Å². The van der Waals surface area contributed by atoms with E-state index in [0.717, 1.165) is 4.31 Å². The first-order valence-corrected chi connectivity index (χ1v) is 8.15. The zero-order valence-corrected chi connectivity index (χ0v) is 12.3. The number of hydrogen-bond acceptors (Lipinski definition) is 5. The minimum absolute atomic E-state index is 0.0646. The molecule has 118 valence electrons. The van der Waals surface area contributed by atoms with E-state index in [1.165, 1.54) is 18.2 Å². The number of ether oxygens (including phenoxy) is 1. The Kier molecular flexibility index (Phi) is 3.53. The monoisotopic (exact) mass is 326 g/mol. The zero-order valence-electron chi connectivity index (χ0n) is 11.5. The van der Waals surface area contributed by atoms with E-state index in [1.807, 2.05) is 0 Å². The van der Waals surface area contributed by atoms with Gasteiger partial charge in [0.15, 0.2) is 6.61 Å². The van der Waals surface area contributed by atoms with E-state index in [0.29, 0.717) is 18.6 Å². The highest BCUT2D eigenvalue weighted by Crippen LogP contribution is 2.33. The summed E-state index contributed by atoms with van der Waals surface area (Å²) in [6.45, 7) is 0.0472. The number of anilines is 1. The van der Waals surface area contributed by atoms with Crippen LogP contribution in [0.5, 0.6) is 5.75 Å². The number of carbonyl (C=O) groups excluding carboxylic acids is 1. The number of carboxylic acid groups (broad SMARTS) is 1. The lowest BCUT2D eigenvalue weighted by Gasteiger charge is -2.23. The maximum Gasteiger partial charge on any atom is 0.322 e. The molecule has 2 heterocycles. The Labute approximate surface area is 126 Å². The first-order valence-electron chi connectivity index (χ1n) is 6.71. The van der Waals surface area contributed by atoms with Gasteiger partial charge in [0.1, 0.15) is 11.8 Å². The van der Waals surface area contributed by atoms with Crippen molar-refractivity contribution in [3.8, 4) is 5.75 Å². The smallest absolute Gasteiger partial charge is 0.322 e. The van der Waals surface area contributed by atoms with Crippen molar-refractivity contribution < 1.29 is 27.9 Å². The van der Waals surface area contributed by atoms with Gasteiger partial charge in [0.05, 0.1) is 10.6 Å². The third-order valence-electron chi connectivity index (χ3n) is 3.68. The first kappa shape index (κ1) is 14.8. The Morgan fingerprint density at radius 2 is 2.18 bits per heavy atom. The SMILES string of the molecule is O=C1COc2ccc(S(=O)(=O)N3CCC[C@H]3C(=O)O)cc2N1. The fourth-order valence-corrected chi connectivity index (χ4v) is 4.31. The number of sulfonamides is 1. The molecule has 0 spiro atoms. The highest BCUT2D eigenvalue weighted by molar-refractivity contribution is 7.89. The summed E-state index contributed by atoms with van der Waals surface area (Å²) in [5, 5.41) is 11.7. The van der Waals surface area contributed by atoms with E-state index in [9.17, 15) is 18.0 Å². The standard InChI is InChI=1S/C13H14N2O6S/c16-12-7-21-11-4-3-8(6-9(11)14-12)22(19,20)15-5-1-2-10(15)13(17)18/h3-4,6,10H,1-2,5,7H2,(H,14,16)(H,17,18)/t10-/m0/s1. The summed E-state index contributed by atoms with van der Waals surface area (Å²) in [5.41, 5.74) is 0.267. The van der Waals surface area contributed by atoms with Crippen molar-refractivity contribution >= 4 is 27.6 Å². The number of aliphatic carboxylic acids is 1. The summed E-state index contributed by atoms with van der Waals surface area (Å²) in [5.74, 6) is -1.14. The average Bonchev–Trinajstić information content (AvgIpc) is 2.96. The van der Waals surface area contributed by atoms with Crippen molar-refractivity contribution in [3.63, 3.8) is 0 Å². The predicted octanol–water partition coefficient (Wildman–Crippen LogP) is 0.255. The van der Waals surface area contributed by atoms with Crippen molar-refractivity contribution in [1.29, 1.82) is 0 Å². The fourth-order valence-electron chi connectivity index (χ4n) is 2.63. The van der Waals surface area contributed by atoms with Gasteiger partial charge in [-0.3, -0.25) is 9.59 Å². The van der Waals surface area contributed by atoms with Crippen LogP contribution in [-0.2, 0) is 19.6 Å². The van der Waals surface area contributed by atoms with E-state index in [2.05, 4.69) is 5.32 Å². The third kappa shape index (κ3) is 2.42. The van der Waals surface area contributed by atoms with E-state index < -0.39 is 22.0 Å². The molecule has 1 amide bonds. The number of rotatable bonds is 3. The normalized spacial score (nSPS) is 21.8. The third-order valence-corrected chi connectivity index (χ3v) is 5.58. The molecule has 2 N–H and O–H groups in total. The van der Waals surface area contributed by atoms with Gasteiger partial charge in [-0.1, -0.05) is 0 Å². The number of benzene rings is 1. The van der Waals surface area contributed by atoms with Crippen molar-refractivity contribution in [1.82, 2.24) is 4.31 Å². The summed E-state index contributed by atoms with van der Waals surface area (Å²) in [6.07, 6.45) is 0.792. The minimum atomic E-state index is -3.94. The second-order valence-electron chi connectivity index (χ2n) is 5.11. The second kappa shape index (κ2) is 5.25. The molecule has 0 aromatic heterocycles. The van der Waals surface area contributed by atoms with Gasteiger partial charge in [0.25, 0.3) is 5.91 Å². The van der Waals surface area contributed by atoms with Gasteiger partial charge in [-0.15, -0.1) is 0 Å². The lowest BCUT2D eigenvalue weighted by molar-refractivity contribution is -0.140. The van der Waals surface area contributed by atoms with Crippen molar-refractivity contribution in [2.45, 2.75) is 23.8 Å². The van der Waals surface area contributed by atoms with Gasteiger partial charge in [-0.05, 0) is 31.0 Å². The van der Waals surface area contributed by atoms with Crippen LogP contribution >= 0.6 is 0 Å². The predicted molar refractivity (Wildman–Crippen MR) is 75.1 cm³/mol. The molecular weight excluding hydrogens is 312 g/mol. The van der Waals surface area contributed by atoms with Crippen LogP contribution in [0.2, 0.25) is 0 Å². The molecule has 22 heavy (non-hydrogen) atoms. The van der Waals surface area contributed by atoms with Gasteiger partial charge < -0.3 is 15.2 Å². The molecule has 0 bridgehead atoms. The molecule has 8 nitrogen and oxygen atoms in total. The van der Waals surface area contributed by atoms with E-state index in [1.54, 1.807) is 0 Å². The molecular formula is C13H14N2O6S. The first-order chi connectivity index (χ1) is 10.4. The molecule has 0 saturated carbocycles. The van der Waals surface area contributed by atoms with Gasteiger partial charge >= 0.3 is 5.97 Å². The Balaban J connectivity index is 1.97. The van der Waals surface area contributed by atoms with E-state index >= 15 is 0 Å². The van der Waals surface area contributed by atoms with Crippen LogP contribution in [0, 0.1) is 0 Å². The number of amides is 1. The molecule has 1 fully saturated rings. The molecule has 3 rings (SSSR count). The van der Waals surface area contributed by atoms with Crippen LogP contribution in [0.1, 0.15) is 12.8 Å². The van der Waals surface area contributed by atoms with Crippen LogP contribution in [0.25, 0.3) is 0 Å². The molecule has 0 unspecified atom stereocenters. The van der Waals surface area contributed by atoms with Gasteiger partial charge in [-0.2, -0.15) is 4.31 Å². The second-order valence-corrected chi connectivity index (χ2v) is 7.00. The van der Waals surface area contributed by atoms with Crippen molar-refractivity contribution in [2.24, 2.45) is 0 Å². The quantitative estimate of drug-likeness (QED) is 0.823. The number of nitrogens with one attached hydrogen (secondary N) is 1. The van der Waals surface area contributed by atoms with Crippen LogP contribution in [-0.4, -0.2) is 48.9 Å². The zero-order chi connectivity index (χ0) is 15.9. The molecule has 1 aromatic carbocycles. The lowest BCUT2D eigenvalue weighted by Crippen LogP contribution is -2.40. The molecule has 1 atom stereocenters. The fraction of sp³-hybridized carbons (Fsp3) is 0.385. The minimum Gasteiger partial charge on any atom is -0.482 e. The number of hydrogen-bond donors (Lipinski definition) is 2. The number of carbonyl (C=O) groups is 2. The summed E-state index contributed by atoms with van der Waals surface area (Å²) in [6, 6.07) is 3.04. The summed E-state index contributed by atoms with van der Waals surface area (Å²) < 4.78 is 31.4. The molecule has 1 aromatic rings. The highest BCUT2D eigenvalue weighted by Gasteiger charge is 2.39. The Morgan fingerprint density at radius 1 is 1.41 bits per heavy atom. The maximum absolute atomic E-state index is 12.6. The Morgan fingerprint density at radius 3 is 2.91 bits per heavy atom. The van der Waals surface area contributed by atoms with Crippen LogP contribution in [0.15, 0.2) is 23.1 Å². The summed E-state index contributed by atoms with van der Waals surface area (Å²) in [4.78, 5) is 22.4. The molecule has 2 aliphatic rings.